The number of ether oxygens (including phenoxy) is 1. The van der Waals surface area contributed by atoms with E-state index in [4.69, 9.17) is 4.74 Å². The normalized spacial score (nSPS) is 14.2. The lowest BCUT2D eigenvalue weighted by Gasteiger charge is -2.29. The van der Waals surface area contributed by atoms with Gasteiger partial charge in [0.25, 0.3) is 5.91 Å². The number of benzene rings is 2. The van der Waals surface area contributed by atoms with Crippen molar-refractivity contribution in [3.05, 3.63) is 83.9 Å². The molecule has 1 fully saturated rings. The Morgan fingerprint density at radius 3 is 2.57 bits per heavy atom. The van der Waals surface area contributed by atoms with Gasteiger partial charge in [-0.2, -0.15) is 0 Å². The summed E-state index contributed by atoms with van der Waals surface area (Å²) in [6.45, 7) is 7.02. The average Bonchev–Trinajstić information content (AvgIpc) is 3.46. The monoisotopic (exact) mass is 602 g/mol. The van der Waals surface area contributed by atoms with Crippen LogP contribution in [0.5, 0.6) is 0 Å². The summed E-state index contributed by atoms with van der Waals surface area (Å²) in [7, 11) is 1.52. The molecule has 0 saturated carbocycles. The minimum absolute atomic E-state index is 0.00260. The Labute approximate surface area is 256 Å². The standard InChI is InChI=1S/C33H39FN6O4/c1-22(2)44-19-18-39(29-9-8-28-27(31(29)34)13-17-40(28)33(43)35-3)25-10-14-36-30(20-25)37-32(42)24-6-4-23(5-7-24)21-38-15-11-26(41)12-16-38/h4-10,13-14,17,20,22,26,41H,11-12,15-16,18-19,21H2,1-3H3,(H,35,43)(H,36,37,42). The molecule has 10 nitrogen and oxygen atoms in total. The van der Waals surface area contributed by atoms with Gasteiger partial charge in [-0.05, 0) is 68.7 Å². The van der Waals surface area contributed by atoms with E-state index in [-0.39, 0.29) is 24.1 Å². The number of hydrogen-bond donors (Lipinski definition) is 3. The number of aliphatic hydroxyl groups is 1. The number of halogens is 1. The Morgan fingerprint density at radius 2 is 1.86 bits per heavy atom. The van der Waals surface area contributed by atoms with Crippen LogP contribution in [-0.2, 0) is 11.3 Å². The van der Waals surface area contributed by atoms with Gasteiger partial charge in [-0.3, -0.25) is 14.3 Å². The molecule has 0 aliphatic carbocycles. The minimum atomic E-state index is -0.474. The summed E-state index contributed by atoms with van der Waals surface area (Å²) < 4.78 is 23.1. The quantitative estimate of drug-likeness (QED) is 0.231. The third kappa shape index (κ3) is 7.24. The van der Waals surface area contributed by atoms with Crippen molar-refractivity contribution < 1.29 is 23.8 Å². The predicted octanol–water partition coefficient (Wildman–Crippen LogP) is 5.14. The van der Waals surface area contributed by atoms with E-state index < -0.39 is 5.82 Å². The SMILES string of the molecule is CNC(=O)n1ccc2c(F)c(N(CCOC(C)C)c3ccnc(NC(=O)c4ccc(CN5CCC(O)CC5)cc4)c3)ccc21. The summed E-state index contributed by atoms with van der Waals surface area (Å²) in [5.41, 5.74) is 2.97. The number of carbonyl (C=O) groups excluding carboxylic acids is 2. The highest BCUT2D eigenvalue weighted by molar-refractivity contribution is 6.04. The number of likely N-dealkylation sites (tertiary alicyclic amines) is 1. The van der Waals surface area contributed by atoms with E-state index in [2.05, 4.69) is 20.5 Å². The zero-order chi connectivity index (χ0) is 31.2. The molecule has 11 heteroatoms. The van der Waals surface area contributed by atoms with Crippen LogP contribution in [0.2, 0.25) is 0 Å². The molecule has 1 saturated heterocycles. The highest BCUT2D eigenvalue weighted by Gasteiger charge is 2.21. The van der Waals surface area contributed by atoms with Crippen LogP contribution in [0.15, 0.2) is 67.0 Å². The number of piperidine rings is 1. The first-order valence-electron chi connectivity index (χ1n) is 14.9. The molecule has 0 unspecified atom stereocenters. The van der Waals surface area contributed by atoms with Crippen molar-refractivity contribution >= 4 is 40.0 Å². The second kappa shape index (κ2) is 14.0. The number of anilines is 3. The van der Waals surface area contributed by atoms with E-state index in [9.17, 15) is 14.7 Å². The van der Waals surface area contributed by atoms with Crippen LogP contribution in [0.25, 0.3) is 10.9 Å². The van der Waals surface area contributed by atoms with Crippen LogP contribution >= 0.6 is 0 Å². The predicted molar refractivity (Wildman–Crippen MR) is 169 cm³/mol. The van der Waals surface area contributed by atoms with E-state index in [1.54, 1.807) is 53.6 Å². The molecular formula is C33H39FN6O4. The molecule has 5 rings (SSSR count). The van der Waals surface area contributed by atoms with Crippen LogP contribution in [0.4, 0.5) is 26.4 Å². The average molecular weight is 603 g/mol. The number of carbonyl (C=O) groups is 2. The van der Waals surface area contributed by atoms with Gasteiger partial charge in [0.2, 0.25) is 0 Å². The molecule has 2 amide bonds. The molecule has 2 aromatic carbocycles. The minimum Gasteiger partial charge on any atom is -0.393 e. The second-order valence-corrected chi connectivity index (χ2v) is 11.2. The van der Waals surface area contributed by atoms with Crippen molar-refractivity contribution in [2.75, 3.05) is 43.5 Å². The molecule has 0 radical (unpaired) electrons. The lowest BCUT2D eigenvalue weighted by molar-refractivity contribution is 0.0792. The molecule has 44 heavy (non-hydrogen) atoms. The lowest BCUT2D eigenvalue weighted by Crippen LogP contribution is -2.35. The van der Waals surface area contributed by atoms with E-state index in [0.29, 0.717) is 46.8 Å². The van der Waals surface area contributed by atoms with Gasteiger partial charge in [-0.1, -0.05) is 12.1 Å². The molecule has 4 aromatic rings. The number of hydrogen-bond acceptors (Lipinski definition) is 7. The topological polar surface area (TPSA) is 112 Å². The van der Waals surface area contributed by atoms with Gasteiger partial charge in [0, 0.05) is 68.3 Å². The van der Waals surface area contributed by atoms with E-state index in [0.717, 1.165) is 38.0 Å². The molecule has 1 aliphatic rings. The van der Waals surface area contributed by atoms with Gasteiger partial charge in [-0.25, -0.2) is 14.2 Å². The fraction of sp³-hybridized carbons (Fsp3) is 0.364. The van der Waals surface area contributed by atoms with Gasteiger partial charge < -0.3 is 25.4 Å². The zero-order valence-corrected chi connectivity index (χ0v) is 25.3. The van der Waals surface area contributed by atoms with E-state index in [1.165, 1.54) is 17.8 Å². The Hall–Kier alpha value is -4.32. The fourth-order valence-corrected chi connectivity index (χ4v) is 5.38. The first kappa shape index (κ1) is 31.1. The number of rotatable bonds is 10. The third-order valence-corrected chi connectivity index (χ3v) is 7.75. The number of aliphatic hydroxyl groups excluding tert-OH is 1. The van der Waals surface area contributed by atoms with E-state index in [1.807, 2.05) is 26.0 Å². The molecule has 232 valence electrons. The third-order valence-electron chi connectivity index (χ3n) is 7.75. The van der Waals surface area contributed by atoms with Crippen molar-refractivity contribution in [2.24, 2.45) is 0 Å². The first-order valence-corrected chi connectivity index (χ1v) is 14.9. The molecular weight excluding hydrogens is 563 g/mol. The molecule has 1 aliphatic heterocycles. The van der Waals surface area contributed by atoms with Gasteiger partial charge >= 0.3 is 6.03 Å². The highest BCUT2D eigenvalue weighted by Crippen LogP contribution is 2.33. The fourth-order valence-electron chi connectivity index (χ4n) is 5.38. The molecule has 0 spiro atoms. The number of fused-ring (bicyclic) bond motifs is 1. The van der Waals surface area contributed by atoms with Crippen LogP contribution < -0.4 is 15.5 Å². The molecule has 2 aromatic heterocycles. The summed E-state index contributed by atoms with van der Waals surface area (Å²) in [6.07, 6.45) is 4.45. The lowest BCUT2D eigenvalue weighted by atomic mass is 10.1. The second-order valence-electron chi connectivity index (χ2n) is 11.2. The number of nitrogens with zero attached hydrogens (tertiary/aromatic N) is 4. The van der Waals surface area contributed by atoms with E-state index >= 15 is 4.39 Å². The Balaban J connectivity index is 1.35. The smallest absolute Gasteiger partial charge is 0.325 e. The van der Waals surface area contributed by atoms with Crippen LogP contribution in [0.3, 0.4) is 0 Å². The summed E-state index contributed by atoms with van der Waals surface area (Å²) in [5, 5.41) is 15.5. The van der Waals surface area contributed by atoms with Gasteiger partial charge in [-0.15, -0.1) is 0 Å². The number of amides is 2. The van der Waals surface area contributed by atoms with Crippen molar-refractivity contribution in [2.45, 2.75) is 45.4 Å². The maximum atomic E-state index is 16.0. The maximum Gasteiger partial charge on any atom is 0.325 e. The Kier molecular flexibility index (Phi) is 9.89. The van der Waals surface area contributed by atoms with Crippen LogP contribution in [0, 0.1) is 5.82 Å². The Bertz CT molecular complexity index is 1600. The summed E-state index contributed by atoms with van der Waals surface area (Å²) in [4.78, 5) is 33.8. The summed E-state index contributed by atoms with van der Waals surface area (Å²) >= 11 is 0. The number of nitrogens with one attached hydrogen (secondary N) is 2. The molecule has 3 N–H and O–H groups in total. The molecule has 0 atom stereocenters. The number of pyridine rings is 1. The van der Waals surface area contributed by atoms with Crippen LogP contribution in [0.1, 0.15) is 42.6 Å². The van der Waals surface area contributed by atoms with Crippen molar-refractivity contribution in [3.8, 4) is 0 Å². The van der Waals surface area contributed by atoms with Crippen LogP contribution in [-0.4, -0.2) is 77.0 Å². The molecule has 3 heterocycles. The van der Waals surface area contributed by atoms with Gasteiger partial charge in [0.05, 0.1) is 30.0 Å². The first-order chi connectivity index (χ1) is 21.2. The Morgan fingerprint density at radius 1 is 1.11 bits per heavy atom. The van der Waals surface area contributed by atoms with Gasteiger partial charge in [0.1, 0.15) is 5.82 Å². The highest BCUT2D eigenvalue weighted by atomic mass is 19.1. The zero-order valence-electron chi connectivity index (χ0n) is 25.3. The summed E-state index contributed by atoms with van der Waals surface area (Å²) in [5.74, 6) is -0.455. The largest absolute Gasteiger partial charge is 0.393 e. The van der Waals surface area contributed by atoms with Crippen molar-refractivity contribution in [1.29, 1.82) is 0 Å². The summed E-state index contributed by atoms with van der Waals surface area (Å²) in [6, 6.07) is 15.5. The number of aromatic nitrogens is 2. The maximum absolute atomic E-state index is 16.0. The van der Waals surface area contributed by atoms with Crippen molar-refractivity contribution in [1.82, 2.24) is 19.8 Å². The molecule has 0 bridgehead atoms. The van der Waals surface area contributed by atoms with Gasteiger partial charge in [0.15, 0.2) is 5.82 Å². The van der Waals surface area contributed by atoms with Crippen molar-refractivity contribution in [3.63, 3.8) is 0 Å².